The number of hydrogen-bond donors (Lipinski definition) is 1. The van der Waals surface area contributed by atoms with Gasteiger partial charge < -0.3 is 9.47 Å². The Hall–Kier alpha value is -2.24. The van der Waals surface area contributed by atoms with Crippen molar-refractivity contribution in [2.24, 2.45) is 10.2 Å². The smallest absolute Gasteiger partial charge is 0.466 e. The van der Waals surface area contributed by atoms with E-state index in [2.05, 4.69) is 25.0 Å². The molecule has 0 saturated carbocycles. The molecule has 0 radical (unpaired) electrons. The summed E-state index contributed by atoms with van der Waals surface area (Å²) < 4.78 is 45.3. The number of amides is 1. The minimum Gasteiger partial charge on any atom is -0.466 e. The summed E-state index contributed by atoms with van der Waals surface area (Å²) in [5.41, 5.74) is 0.118. The Balaban J connectivity index is 2.17. The zero-order valence-electron chi connectivity index (χ0n) is 13.1. The topological polar surface area (TPSA) is 89.3 Å². The number of thioether (sulfide) groups is 1. The van der Waals surface area contributed by atoms with E-state index >= 15 is 0 Å². The van der Waals surface area contributed by atoms with Crippen LogP contribution in [0.15, 0.2) is 33.3 Å². The Morgan fingerprint density at radius 1 is 1.33 bits per heavy atom. The first-order chi connectivity index (χ1) is 12.6. The molecule has 0 unspecified atom stereocenters. The van der Waals surface area contributed by atoms with Crippen LogP contribution in [0.25, 0.3) is 0 Å². The van der Waals surface area contributed by atoms with Crippen LogP contribution in [0.3, 0.4) is 0 Å². The molecule has 1 amide bonds. The maximum Gasteiger partial charge on any atom is 0.573 e. The highest BCUT2D eigenvalue weighted by Crippen LogP contribution is 2.36. The highest BCUT2D eigenvalue weighted by Gasteiger charge is 2.32. The van der Waals surface area contributed by atoms with E-state index in [0.29, 0.717) is 0 Å². The van der Waals surface area contributed by atoms with Gasteiger partial charge in [0.1, 0.15) is 10.8 Å². The third-order valence-corrected chi connectivity index (χ3v) is 4.38. The number of esters is 1. The zero-order valence-corrected chi connectivity index (χ0v) is 15.5. The van der Waals surface area contributed by atoms with E-state index in [1.165, 1.54) is 6.07 Å². The van der Waals surface area contributed by atoms with E-state index < -0.39 is 29.0 Å². The van der Waals surface area contributed by atoms with Gasteiger partial charge in [-0.2, -0.15) is 5.10 Å². The molecule has 7 nitrogen and oxygen atoms in total. The Morgan fingerprint density at radius 2 is 2.04 bits per heavy atom. The molecular weight excluding hydrogens is 434 g/mol. The molecule has 1 aromatic rings. The van der Waals surface area contributed by atoms with E-state index in [0.717, 1.165) is 37.2 Å². The molecule has 144 valence electrons. The molecular formula is C14H8Cl2F3N3O4S. The molecule has 1 heterocycles. The van der Waals surface area contributed by atoms with Crippen LogP contribution in [0, 0.1) is 0 Å². The SMILES string of the molecule is COC(=O)/C=C1/S/C(=N\N=Cc2cc(Cl)c(Cl)c(OC(F)(F)F)c2)NC1=O. The third kappa shape index (κ3) is 6.15. The first-order valence-corrected chi connectivity index (χ1v) is 8.31. The fourth-order valence-corrected chi connectivity index (χ4v) is 2.75. The number of alkyl halides is 3. The maximum atomic E-state index is 12.4. The van der Waals surface area contributed by atoms with Crippen molar-refractivity contribution in [1.29, 1.82) is 0 Å². The van der Waals surface area contributed by atoms with Crippen LogP contribution in [0.5, 0.6) is 5.75 Å². The molecule has 1 aliphatic heterocycles. The van der Waals surface area contributed by atoms with Crippen molar-refractivity contribution in [3.63, 3.8) is 0 Å². The molecule has 0 bridgehead atoms. The number of nitrogens with one attached hydrogen (secondary N) is 1. The van der Waals surface area contributed by atoms with Crippen molar-refractivity contribution in [3.05, 3.63) is 38.7 Å². The van der Waals surface area contributed by atoms with Gasteiger partial charge in [0.15, 0.2) is 5.17 Å². The summed E-state index contributed by atoms with van der Waals surface area (Å²) in [5, 5.41) is 9.15. The molecule has 1 N–H and O–H groups in total. The molecule has 0 aromatic heterocycles. The number of benzene rings is 1. The molecule has 1 saturated heterocycles. The molecule has 0 aliphatic carbocycles. The Morgan fingerprint density at radius 3 is 2.67 bits per heavy atom. The number of carbonyl (C=O) groups excluding carboxylic acids is 2. The quantitative estimate of drug-likeness (QED) is 0.334. The lowest BCUT2D eigenvalue weighted by molar-refractivity contribution is -0.274. The molecule has 1 aliphatic rings. The van der Waals surface area contributed by atoms with Crippen molar-refractivity contribution in [2.75, 3.05) is 7.11 Å². The minimum absolute atomic E-state index is 0.0474. The molecule has 0 spiro atoms. The van der Waals surface area contributed by atoms with Crippen LogP contribution in [0.4, 0.5) is 13.2 Å². The van der Waals surface area contributed by atoms with E-state index in [1.54, 1.807) is 0 Å². The predicted octanol–water partition coefficient (Wildman–Crippen LogP) is 3.50. The summed E-state index contributed by atoms with van der Waals surface area (Å²) in [7, 11) is 1.16. The van der Waals surface area contributed by atoms with Gasteiger partial charge in [-0.1, -0.05) is 23.2 Å². The van der Waals surface area contributed by atoms with Gasteiger partial charge in [0.2, 0.25) is 0 Å². The van der Waals surface area contributed by atoms with Crippen LogP contribution < -0.4 is 10.1 Å². The molecule has 0 atom stereocenters. The highest BCUT2D eigenvalue weighted by atomic mass is 35.5. The van der Waals surface area contributed by atoms with Gasteiger partial charge in [0.05, 0.1) is 23.3 Å². The van der Waals surface area contributed by atoms with Crippen molar-refractivity contribution < 1.29 is 32.2 Å². The van der Waals surface area contributed by atoms with Crippen molar-refractivity contribution in [1.82, 2.24) is 5.32 Å². The largest absolute Gasteiger partial charge is 0.573 e. The fraction of sp³-hybridized carbons (Fsp3) is 0.143. The first kappa shape index (κ1) is 21.1. The summed E-state index contributed by atoms with van der Waals surface area (Å²) >= 11 is 12.3. The van der Waals surface area contributed by atoms with Crippen LogP contribution in [-0.4, -0.2) is 36.7 Å². The second-order valence-corrected chi connectivity index (χ2v) is 6.42. The van der Waals surface area contributed by atoms with E-state index in [1.807, 2.05) is 0 Å². The van der Waals surface area contributed by atoms with Crippen molar-refractivity contribution >= 4 is 58.2 Å². The highest BCUT2D eigenvalue weighted by molar-refractivity contribution is 8.18. The maximum absolute atomic E-state index is 12.4. The monoisotopic (exact) mass is 441 g/mol. The normalized spacial score (nSPS) is 17.6. The van der Waals surface area contributed by atoms with Crippen molar-refractivity contribution in [2.45, 2.75) is 6.36 Å². The van der Waals surface area contributed by atoms with E-state index in [4.69, 9.17) is 23.2 Å². The summed E-state index contributed by atoms with van der Waals surface area (Å²) in [6.07, 6.45) is -2.89. The van der Waals surface area contributed by atoms with Crippen LogP contribution >= 0.6 is 35.0 Å². The van der Waals surface area contributed by atoms with Crippen LogP contribution in [0.1, 0.15) is 5.56 Å². The first-order valence-electron chi connectivity index (χ1n) is 6.73. The number of ether oxygens (including phenoxy) is 2. The lowest BCUT2D eigenvalue weighted by atomic mass is 10.2. The van der Waals surface area contributed by atoms with E-state index in [-0.39, 0.29) is 20.7 Å². The van der Waals surface area contributed by atoms with Gasteiger partial charge in [-0.3, -0.25) is 10.1 Å². The van der Waals surface area contributed by atoms with Gasteiger partial charge >= 0.3 is 12.3 Å². The summed E-state index contributed by atoms with van der Waals surface area (Å²) in [6.45, 7) is 0. The van der Waals surface area contributed by atoms with Gasteiger partial charge in [0.25, 0.3) is 5.91 Å². The number of halogens is 5. The number of carbonyl (C=O) groups is 2. The second-order valence-electron chi connectivity index (χ2n) is 4.60. The Kier molecular flexibility index (Phi) is 6.73. The average molecular weight is 442 g/mol. The third-order valence-electron chi connectivity index (χ3n) is 2.70. The standard InChI is InChI=1S/C14H8Cl2F3N3O4S/c1-25-10(23)4-9-12(24)21-13(27-9)22-20-5-6-2-7(15)11(16)8(3-6)26-14(17,18)19/h2-5H,1H3,(H,21,22,24)/b9-4+,20-5?. The summed E-state index contributed by atoms with van der Waals surface area (Å²) in [6, 6.07) is 2.22. The zero-order chi connectivity index (χ0) is 20.2. The number of rotatable bonds is 4. The van der Waals surface area contributed by atoms with Crippen molar-refractivity contribution in [3.8, 4) is 5.75 Å². The average Bonchev–Trinajstić information content (AvgIpc) is 2.90. The van der Waals surface area contributed by atoms with Gasteiger partial charge in [-0.05, 0) is 29.5 Å². The Labute approximate surface area is 164 Å². The molecule has 2 rings (SSSR count). The van der Waals surface area contributed by atoms with Crippen LogP contribution in [-0.2, 0) is 14.3 Å². The predicted molar refractivity (Wildman–Crippen MR) is 94.0 cm³/mol. The number of hydrogen-bond acceptors (Lipinski definition) is 7. The lowest BCUT2D eigenvalue weighted by Gasteiger charge is -2.11. The molecule has 1 fully saturated rings. The Bertz CT molecular complexity index is 872. The summed E-state index contributed by atoms with van der Waals surface area (Å²) in [4.78, 5) is 22.8. The van der Waals surface area contributed by atoms with Gasteiger partial charge in [-0.25, -0.2) is 4.79 Å². The molecule has 1 aromatic carbocycles. The molecule has 13 heteroatoms. The number of methoxy groups -OCH3 is 1. The molecule has 27 heavy (non-hydrogen) atoms. The second kappa shape index (κ2) is 8.63. The van der Waals surface area contributed by atoms with E-state index in [9.17, 15) is 22.8 Å². The summed E-state index contributed by atoms with van der Waals surface area (Å²) in [5.74, 6) is -1.99. The van der Waals surface area contributed by atoms with Crippen LogP contribution in [0.2, 0.25) is 10.0 Å². The van der Waals surface area contributed by atoms with Gasteiger partial charge in [-0.15, -0.1) is 18.3 Å². The minimum atomic E-state index is -4.95. The number of nitrogens with zero attached hydrogens (tertiary/aromatic N) is 2. The number of amidine groups is 1. The lowest BCUT2D eigenvalue weighted by Crippen LogP contribution is -2.19. The van der Waals surface area contributed by atoms with Gasteiger partial charge in [0, 0.05) is 6.08 Å². The fourth-order valence-electron chi connectivity index (χ4n) is 1.65.